The average molecular weight is 491 g/mol. The number of carbonyl (C=O) groups excluding carboxylic acids is 1. The lowest BCUT2D eigenvalue weighted by molar-refractivity contribution is -0.137. The van der Waals surface area contributed by atoms with E-state index in [4.69, 9.17) is 0 Å². The number of fused-ring (bicyclic) bond motifs is 1. The maximum atomic E-state index is 14.0. The van der Waals surface area contributed by atoms with Crippen molar-refractivity contribution in [2.24, 2.45) is 0 Å². The van der Waals surface area contributed by atoms with E-state index < -0.39 is 11.7 Å². The number of nitrogens with one attached hydrogen (secondary N) is 3. The van der Waals surface area contributed by atoms with Gasteiger partial charge in [0.05, 0.1) is 5.69 Å². The van der Waals surface area contributed by atoms with E-state index in [1.54, 1.807) is 0 Å². The fourth-order valence-corrected chi connectivity index (χ4v) is 5.65. The number of rotatable bonds is 4. The molecule has 3 N–H and O–H groups in total. The van der Waals surface area contributed by atoms with Crippen LogP contribution < -0.4 is 10.6 Å². The lowest BCUT2D eigenvalue weighted by atomic mass is 9.91. The van der Waals surface area contributed by atoms with Crippen LogP contribution in [-0.4, -0.2) is 56.5 Å². The van der Waals surface area contributed by atoms with E-state index in [0.717, 1.165) is 44.7 Å². The highest BCUT2D eigenvalue weighted by Crippen LogP contribution is 2.39. The minimum absolute atomic E-state index is 0.0255. The largest absolute Gasteiger partial charge is 0.419 e. The Morgan fingerprint density at radius 1 is 1.17 bits per heavy atom. The number of hydrogen-bond acceptors (Lipinski definition) is 5. The van der Waals surface area contributed by atoms with Crippen molar-refractivity contribution >= 4 is 11.9 Å². The molecule has 10 heteroatoms. The fourth-order valence-electron chi connectivity index (χ4n) is 5.65. The molecule has 0 unspecified atom stereocenters. The third-order valence-electron chi connectivity index (χ3n) is 7.68. The van der Waals surface area contributed by atoms with E-state index in [0.29, 0.717) is 42.8 Å². The molecular formula is C25H33F3N6O. The number of H-pyrrole nitrogens is 1. The first kappa shape index (κ1) is 24.1. The number of aromatic amines is 1. The molecule has 0 spiro atoms. The number of anilines is 1. The van der Waals surface area contributed by atoms with Gasteiger partial charge in [-0.3, -0.25) is 4.79 Å². The van der Waals surface area contributed by atoms with Crippen molar-refractivity contribution in [1.82, 2.24) is 25.2 Å². The Morgan fingerprint density at radius 2 is 1.94 bits per heavy atom. The van der Waals surface area contributed by atoms with Gasteiger partial charge in [0, 0.05) is 48.7 Å². The summed E-state index contributed by atoms with van der Waals surface area (Å²) in [6.45, 7) is 5.56. The monoisotopic (exact) mass is 490 g/mol. The summed E-state index contributed by atoms with van der Waals surface area (Å²) in [7, 11) is 0. The normalized spacial score (nSPS) is 23.3. The minimum Gasteiger partial charge on any atom is -0.356 e. The molecule has 2 aliphatic heterocycles. The molecule has 0 radical (unpaired) electrons. The van der Waals surface area contributed by atoms with Gasteiger partial charge in [0.25, 0.3) is 5.91 Å². The first-order valence-corrected chi connectivity index (χ1v) is 12.6. The lowest BCUT2D eigenvalue weighted by Crippen LogP contribution is -2.50. The van der Waals surface area contributed by atoms with Crippen molar-refractivity contribution in [3.63, 3.8) is 0 Å². The van der Waals surface area contributed by atoms with Crippen molar-refractivity contribution in [2.75, 3.05) is 18.4 Å². The average Bonchev–Trinajstić information content (AvgIpc) is 3.44. The minimum atomic E-state index is -4.61. The van der Waals surface area contributed by atoms with Crippen LogP contribution in [-0.2, 0) is 12.6 Å². The van der Waals surface area contributed by atoms with E-state index in [1.165, 1.54) is 6.20 Å². The summed E-state index contributed by atoms with van der Waals surface area (Å²) in [5.41, 5.74) is 0.306. The number of carbonyl (C=O) groups is 1. The van der Waals surface area contributed by atoms with E-state index >= 15 is 0 Å². The molecule has 1 amide bonds. The number of hydrogen-bond donors (Lipinski definition) is 3. The van der Waals surface area contributed by atoms with Crippen molar-refractivity contribution < 1.29 is 18.0 Å². The number of amides is 1. The van der Waals surface area contributed by atoms with E-state index in [9.17, 15) is 18.0 Å². The Hall–Kier alpha value is -2.62. The van der Waals surface area contributed by atoms with Gasteiger partial charge in [-0.15, -0.1) is 0 Å². The lowest BCUT2D eigenvalue weighted by Gasteiger charge is -2.36. The summed E-state index contributed by atoms with van der Waals surface area (Å²) in [6.07, 6.45) is 4.97. The zero-order valence-corrected chi connectivity index (χ0v) is 20.3. The summed E-state index contributed by atoms with van der Waals surface area (Å²) < 4.78 is 41.9. The van der Waals surface area contributed by atoms with Crippen LogP contribution in [0.25, 0.3) is 11.3 Å². The van der Waals surface area contributed by atoms with Gasteiger partial charge in [0.15, 0.2) is 0 Å². The summed E-state index contributed by atoms with van der Waals surface area (Å²) in [5, 5.41) is 6.65. The Labute approximate surface area is 203 Å². The van der Waals surface area contributed by atoms with Crippen LogP contribution in [0.4, 0.5) is 19.1 Å². The molecule has 5 rings (SSSR count). The molecule has 1 saturated carbocycles. The van der Waals surface area contributed by atoms with Gasteiger partial charge in [-0.1, -0.05) is 12.8 Å². The highest BCUT2D eigenvalue weighted by Gasteiger charge is 2.38. The summed E-state index contributed by atoms with van der Waals surface area (Å²) >= 11 is 0. The van der Waals surface area contributed by atoms with Crippen molar-refractivity contribution in [1.29, 1.82) is 0 Å². The van der Waals surface area contributed by atoms with Gasteiger partial charge in [0.1, 0.15) is 11.3 Å². The van der Waals surface area contributed by atoms with Crippen LogP contribution in [0.1, 0.15) is 80.4 Å². The molecular weight excluding hydrogens is 457 g/mol. The zero-order valence-electron chi connectivity index (χ0n) is 20.3. The molecule has 0 bridgehead atoms. The van der Waals surface area contributed by atoms with Gasteiger partial charge in [0.2, 0.25) is 5.95 Å². The molecule has 2 fully saturated rings. The highest BCUT2D eigenvalue weighted by atomic mass is 19.4. The van der Waals surface area contributed by atoms with Crippen molar-refractivity contribution in [3.05, 3.63) is 29.2 Å². The van der Waals surface area contributed by atoms with Crippen LogP contribution >= 0.6 is 0 Å². The van der Waals surface area contributed by atoms with Gasteiger partial charge >= 0.3 is 6.18 Å². The second-order valence-electron chi connectivity index (χ2n) is 10.7. The second-order valence-corrected chi connectivity index (χ2v) is 10.7. The van der Waals surface area contributed by atoms with Crippen LogP contribution in [0.3, 0.4) is 0 Å². The molecule has 1 saturated heterocycles. The van der Waals surface area contributed by atoms with E-state index in [-0.39, 0.29) is 35.2 Å². The Bertz CT molecular complexity index is 1080. The molecule has 2 aromatic heterocycles. The Morgan fingerprint density at radius 3 is 2.63 bits per heavy atom. The predicted molar refractivity (Wildman–Crippen MR) is 127 cm³/mol. The maximum absolute atomic E-state index is 14.0. The molecule has 1 aliphatic carbocycles. The van der Waals surface area contributed by atoms with Crippen molar-refractivity contribution in [3.8, 4) is 11.3 Å². The number of aromatic nitrogens is 3. The first-order valence-electron chi connectivity index (χ1n) is 12.6. The van der Waals surface area contributed by atoms with Crippen molar-refractivity contribution in [2.45, 2.75) is 89.0 Å². The fraction of sp³-hybridized carbons (Fsp3) is 0.640. The molecule has 4 heterocycles. The summed E-state index contributed by atoms with van der Waals surface area (Å²) in [4.78, 5) is 26.6. The summed E-state index contributed by atoms with van der Waals surface area (Å²) in [5.74, 6) is 0.0505. The number of piperidine rings is 1. The SMILES string of the molecule is CC1(C)CC[C@H](Nc2ncc(C(F)(F)F)c(-c3c[nH]c4c3CCCN(C3CCCC3)C4=O)n2)CN1. The topological polar surface area (TPSA) is 85.9 Å². The van der Waals surface area contributed by atoms with E-state index in [1.807, 2.05) is 4.90 Å². The van der Waals surface area contributed by atoms with Crippen LogP contribution in [0.5, 0.6) is 0 Å². The maximum Gasteiger partial charge on any atom is 0.419 e. The second kappa shape index (κ2) is 9.11. The Balaban J connectivity index is 1.47. The van der Waals surface area contributed by atoms with Gasteiger partial charge in [-0.25, -0.2) is 9.97 Å². The first-order chi connectivity index (χ1) is 16.6. The predicted octanol–water partition coefficient (Wildman–Crippen LogP) is 4.76. The molecule has 190 valence electrons. The van der Waals surface area contributed by atoms with Crippen LogP contribution in [0, 0.1) is 0 Å². The quantitative estimate of drug-likeness (QED) is 0.575. The van der Waals surface area contributed by atoms with Gasteiger partial charge in [-0.2, -0.15) is 13.2 Å². The third-order valence-corrected chi connectivity index (χ3v) is 7.68. The summed E-state index contributed by atoms with van der Waals surface area (Å²) in [6, 6.07) is 0.243. The smallest absolute Gasteiger partial charge is 0.356 e. The molecule has 3 aliphatic rings. The number of nitrogens with zero attached hydrogens (tertiary/aromatic N) is 3. The molecule has 2 aromatic rings. The van der Waals surface area contributed by atoms with Gasteiger partial charge in [-0.05, 0) is 57.9 Å². The van der Waals surface area contributed by atoms with Crippen LogP contribution in [0.15, 0.2) is 12.4 Å². The molecule has 1 atom stereocenters. The standard InChI is InChI=1S/C25H33F3N6O/c1-24(2)10-9-15(12-31-24)32-23-30-14-19(25(26,27)28)20(33-23)18-13-29-21-17(18)8-5-11-34(22(21)35)16-6-3-4-7-16/h13-16,29,31H,3-12H2,1-2H3,(H,30,32,33)/t15-/m0/s1. The zero-order chi connectivity index (χ0) is 24.8. The van der Waals surface area contributed by atoms with E-state index in [2.05, 4.69) is 39.4 Å². The third kappa shape index (κ3) is 4.90. The molecule has 35 heavy (non-hydrogen) atoms. The highest BCUT2D eigenvalue weighted by molar-refractivity contribution is 5.97. The molecule has 7 nitrogen and oxygen atoms in total. The van der Waals surface area contributed by atoms with Gasteiger partial charge < -0.3 is 20.5 Å². The Kier molecular flexibility index (Phi) is 6.27. The molecule has 0 aromatic carbocycles. The van der Waals surface area contributed by atoms with Crippen LogP contribution in [0.2, 0.25) is 0 Å². The number of alkyl halides is 3. The number of halogens is 3.